The zero-order chi connectivity index (χ0) is 10.7. The minimum atomic E-state index is 0.0651. The quantitative estimate of drug-likeness (QED) is 0.721. The molecule has 3 nitrogen and oxygen atoms in total. The number of rotatable bonds is 5. The molecule has 2 atom stereocenters. The molecule has 2 aliphatic rings. The first-order valence-corrected chi connectivity index (χ1v) is 6.28. The first-order valence-electron chi connectivity index (χ1n) is 6.28. The van der Waals surface area contributed by atoms with Gasteiger partial charge in [0.25, 0.3) is 0 Å². The molecule has 0 radical (unpaired) electrons. The van der Waals surface area contributed by atoms with Crippen molar-refractivity contribution < 1.29 is 4.74 Å². The summed E-state index contributed by atoms with van der Waals surface area (Å²) < 4.78 is 5.61. The summed E-state index contributed by atoms with van der Waals surface area (Å²) in [5, 5.41) is 3.70. The fourth-order valence-electron chi connectivity index (χ4n) is 2.73. The summed E-state index contributed by atoms with van der Waals surface area (Å²) in [6.07, 6.45) is 8.01. The van der Waals surface area contributed by atoms with Gasteiger partial charge in [-0.25, -0.2) is 0 Å². The highest BCUT2D eigenvalue weighted by atomic mass is 16.5. The van der Waals surface area contributed by atoms with Crippen LogP contribution < -0.4 is 11.1 Å². The van der Waals surface area contributed by atoms with Crippen LogP contribution in [0.4, 0.5) is 0 Å². The van der Waals surface area contributed by atoms with Crippen LogP contribution in [0.25, 0.3) is 0 Å². The van der Waals surface area contributed by atoms with E-state index in [2.05, 4.69) is 5.32 Å². The van der Waals surface area contributed by atoms with Crippen molar-refractivity contribution in [3.8, 4) is 0 Å². The summed E-state index contributed by atoms with van der Waals surface area (Å²) in [7, 11) is 1.82. The molecule has 2 saturated carbocycles. The molecule has 0 heterocycles. The average molecular weight is 212 g/mol. The van der Waals surface area contributed by atoms with Crippen LogP contribution in [0.15, 0.2) is 0 Å². The fraction of sp³-hybridized carbons (Fsp3) is 1.00. The third-order valence-corrected chi connectivity index (χ3v) is 4.04. The SMILES string of the molecule is COC1CCCCC1(CN)NCC1CC1. The lowest BCUT2D eigenvalue weighted by Gasteiger charge is -2.43. The van der Waals surface area contributed by atoms with Crippen LogP contribution in [0.2, 0.25) is 0 Å². The van der Waals surface area contributed by atoms with E-state index >= 15 is 0 Å². The van der Waals surface area contributed by atoms with Gasteiger partial charge in [0.05, 0.1) is 11.6 Å². The Morgan fingerprint density at radius 1 is 1.33 bits per heavy atom. The molecule has 0 aromatic heterocycles. The molecular formula is C12H24N2O. The number of methoxy groups -OCH3 is 1. The lowest BCUT2D eigenvalue weighted by molar-refractivity contribution is -0.00881. The zero-order valence-corrected chi connectivity index (χ0v) is 9.80. The molecule has 0 aliphatic heterocycles. The van der Waals surface area contributed by atoms with Crippen LogP contribution >= 0.6 is 0 Å². The summed E-state index contributed by atoms with van der Waals surface area (Å²) in [6.45, 7) is 1.84. The number of nitrogens with one attached hydrogen (secondary N) is 1. The average Bonchev–Trinajstić information content (AvgIpc) is 3.10. The molecule has 15 heavy (non-hydrogen) atoms. The Hall–Kier alpha value is -0.120. The molecule has 2 fully saturated rings. The second-order valence-corrected chi connectivity index (χ2v) is 5.15. The van der Waals surface area contributed by atoms with Crippen LogP contribution in [0.3, 0.4) is 0 Å². The maximum atomic E-state index is 5.97. The van der Waals surface area contributed by atoms with Gasteiger partial charge in [-0.15, -0.1) is 0 Å². The van der Waals surface area contributed by atoms with E-state index in [0.29, 0.717) is 12.6 Å². The van der Waals surface area contributed by atoms with Crippen molar-refractivity contribution in [2.24, 2.45) is 11.7 Å². The fourth-order valence-corrected chi connectivity index (χ4v) is 2.73. The van der Waals surface area contributed by atoms with Crippen molar-refractivity contribution in [1.29, 1.82) is 0 Å². The maximum absolute atomic E-state index is 5.97. The Morgan fingerprint density at radius 3 is 2.73 bits per heavy atom. The van der Waals surface area contributed by atoms with Gasteiger partial charge in [0.2, 0.25) is 0 Å². The van der Waals surface area contributed by atoms with E-state index in [0.717, 1.165) is 18.9 Å². The molecule has 3 heteroatoms. The van der Waals surface area contributed by atoms with Gasteiger partial charge in [-0.2, -0.15) is 0 Å². The standard InChI is InChI=1S/C12H24N2O/c1-15-11-4-2-3-7-12(11,9-13)14-8-10-5-6-10/h10-11,14H,2-9,13H2,1H3. The molecule has 2 unspecified atom stereocenters. The molecule has 2 aliphatic carbocycles. The molecular weight excluding hydrogens is 188 g/mol. The van der Waals surface area contributed by atoms with Gasteiger partial charge < -0.3 is 15.8 Å². The van der Waals surface area contributed by atoms with E-state index in [4.69, 9.17) is 10.5 Å². The van der Waals surface area contributed by atoms with E-state index in [1.807, 2.05) is 7.11 Å². The van der Waals surface area contributed by atoms with Crippen LogP contribution in [0.5, 0.6) is 0 Å². The summed E-state index contributed by atoms with van der Waals surface area (Å²) in [4.78, 5) is 0. The first kappa shape index (κ1) is 11.4. The lowest BCUT2D eigenvalue weighted by Crippen LogP contribution is -2.61. The summed E-state index contributed by atoms with van der Waals surface area (Å²) >= 11 is 0. The smallest absolute Gasteiger partial charge is 0.0765 e. The predicted molar refractivity (Wildman–Crippen MR) is 61.8 cm³/mol. The third-order valence-electron chi connectivity index (χ3n) is 4.04. The maximum Gasteiger partial charge on any atom is 0.0765 e. The Bertz CT molecular complexity index is 206. The van der Waals surface area contributed by atoms with Gasteiger partial charge in [-0.1, -0.05) is 12.8 Å². The zero-order valence-electron chi connectivity index (χ0n) is 9.80. The van der Waals surface area contributed by atoms with Crippen molar-refractivity contribution in [2.45, 2.75) is 50.2 Å². The Morgan fingerprint density at radius 2 is 2.13 bits per heavy atom. The molecule has 3 N–H and O–H groups in total. The minimum absolute atomic E-state index is 0.0651. The van der Waals surface area contributed by atoms with Crippen molar-refractivity contribution in [1.82, 2.24) is 5.32 Å². The van der Waals surface area contributed by atoms with Gasteiger partial charge in [0.15, 0.2) is 0 Å². The largest absolute Gasteiger partial charge is 0.379 e. The highest BCUT2D eigenvalue weighted by Crippen LogP contribution is 2.33. The van der Waals surface area contributed by atoms with Crippen molar-refractivity contribution >= 4 is 0 Å². The third kappa shape index (κ3) is 2.52. The van der Waals surface area contributed by atoms with Crippen molar-refractivity contribution in [2.75, 3.05) is 20.2 Å². The minimum Gasteiger partial charge on any atom is -0.379 e. The Labute approximate surface area is 92.7 Å². The van der Waals surface area contributed by atoms with E-state index < -0.39 is 0 Å². The Kier molecular flexibility index (Phi) is 3.65. The topological polar surface area (TPSA) is 47.3 Å². The van der Waals surface area contributed by atoms with Crippen molar-refractivity contribution in [3.05, 3.63) is 0 Å². The number of hydrogen-bond donors (Lipinski definition) is 2. The van der Waals surface area contributed by atoms with Crippen LogP contribution in [0, 0.1) is 5.92 Å². The van der Waals surface area contributed by atoms with Crippen LogP contribution in [-0.2, 0) is 4.74 Å². The number of ether oxygens (including phenoxy) is 1. The molecule has 0 aromatic carbocycles. The van der Waals surface area contributed by atoms with E-state index in [1.54, 1.807) is 0 Å². The summed E-state index contributed by atoms with van der Waals surface area (Å²) in [5.74, 6) is 0.910. The normalized spacial score (nSPS) is 36.8. The molecule has 0 aromatic rings. The molecule has 0 bridgehead atoms. The summed E-state index contributed by atoms with van der Waals surface area (Å²) in [6, 6.07) is 0. The highest BCUT2D eigenvalue weighted by molar-refractivity contribution is 5.00. The van der Waals surface area contributed by atoms with E-state index in [1.165, 1.54) is 32.1 Å². The highest BCUT2D eigenvalue weighted by Gasteiger charge is 2.40. The lowest BCUT2D eigenvalue weighted by atomic mass is 9.79. The second-order valence-electron chi connectivity index (χ2n) is 5.15. The van der Waals surface area contributed by atoms with Gasteiger partial charge in [0.1, 0.15) is 0 Å². The van der Waals surface area contributed by atoms with Gasteiger partial charge in [-0.3, -0.25) is 0 Å². The predicted octanol–water partition coefficient (Wildman–Crippen LogP) is 1.27. The summed E-state index contributed by atoms with van der Waals surface area (Å²) in [5.41, 5.74) is 6.03. The number of nitrogens with two attached hydrogens (primary N) is 1. The monoisotopic (exact) mass is 212 g/mol. The number of hydrogen-bond acceptors (Lipinski definition) is 3. The molecule has 88 valence electrons. The second kappa shape index (κ2) is 4.81. The molecule has 0 amide bonds. The Balaban J connectivity index is 1.94. The van der Waals surface area contributed by atoms with E-state index in [9.17, 15) is 0 Å². The molecule has 0 spiro atoms. The molecule has 2 rings (SSSR count). The van der Waals surface area contributed by atoms with Gasteiger partial charge in [0, 0.05) is 13.7 Å². The molecule has 0 saturated heterocycles. The van der Waals surface area contributed by atoms with Crippen LogP contribution in [-0.4, -0.2) is 31.8 Å². The van der Waals surface area contributed by atoms with E-state index in [-0.39, 0.29) is 5.54 Å². The van der Waals surface area contributed by atoms with Crippen molar-refractivity contribution in [3.63, 3.8) is 0 Å². The first-order chi connectivity index (χ1) is 7.30. The van der Waals surface area contributed by atoms with Crippen LogP contribution in [0.1, 0.15) is 38.5 Å². The van der Waals surface area contributed by atoms with Gasteiger partial charge in [-0.05, 0) is 38.1 Å². The van der Waals surface area contributed by atoms with Gasteiger partial charge >= 0.3 is 0 Å².